The van der Waals surface area contributed by atoms with E-state index in [0.29, 0.717) is 11.9 Å². The van der Waals surface area contributed by atoms with Crippen molar-refractivity contribution < 1.29 is 4.79 Å². The van der Waals surface area contributed by atoms with Gasteiger partial charge in [0.2, 0.25) is 5.91 Å². The lowest BCUT2D eigenvalue weighted by molar-refractivity contribution is -0.136. The number of carbonyl (C=O) groups excluding carboxylic acids is 1. The first-order valence-corrected chi connectivity index (χ1v) is 7.61. The van der Waals surface area contributed by atoms with Gasteiger partial charge in [0.05, 0.1) is 6.04 Å². The number of nitrogens with zero attached hydrogens (tertiary/aromatic N) is 1. The molecule has 3 atom stereocenters. The Bertz CT molecular complexity index is 290. The fourth-order valence-corrected chi connectivity index (χ4v) is 3.48. The summed E-state index contributed by atoms with van der Waals surface area (Å²) in [6, 6.07) is 0.461. The van der Waals surface area contributed by atoms with E-state index in [2.05, 4.69) is 31.0 Å². The Morgan fingerprint density at radius 3 is 2.72 bits per heavy atom. The molecule has 0 aromatic heterocycles. The van der Waals surface area contributed by atoms with Crippen LogP contribution in [0.2, 0.25) is 0 Å². The molecule has 0 aromatic rings. The van der Waals surface area contributed by atoms with Gasteiger partial charge in [0.1, 0.15) is 0 Å². The summed E-state index contributed by atoms with van der Waals surface area (Å²) in [4.78, 5) is 14.5. The lowest BCUT2D eigenvalue weighted by Crippen LogP contribution is -2.53. The van der Waals surface area contributed by atoms with Gasteiger partial charge in [0, 0.05) is 19.1 Å². The van der Waals surface area contributed by atoms with Gasteiger partial charge in [-0.3, -0.25) is 4.79 Å². The zero-order valence-electron chi connectivity index (χ0n) is 12.1. The molecule has 2 aliphatic rings. The van der Waals surface area contributed by atoms with Crippen molar-refractivity contribution in [3.05, 3.63) is 0 Å². The van der Waals surface area contributed by atoms with E-state index < -0.39 is 0 Å². The zero-order chi connectivity index (χ0) is 13.1. The van der Waals surface area contributed by atoms with Crippen molar-refractivity contribution in [2.45, 2.75) is 65.0 Å². The smallest absolute Gasteiger partial charge is 0.239 e. The van der Waals surface area contributed by atoms with E-state index in [1.165, 1.54) is 19.3 Å². The fourth-order valence-electron chi connectivity index (χ4n) is 3.48. The van der Waals surface area contributed by atoms with Crippen molar-refractivity contribution in [1.29, 1.82) is 0 Å². The summed E-state index contributed by atoms with van der Waals surface area (Å²) < 4.78 is 0. The summed E-state index contributed by atoms with van der Waals surface area (Å²) >= 11 is 0. The molecule has 0 radical (unpaired) electrons. The number of hydrogen-bond donors (Lipinski definition) is 1. The minimum absolute atomic E-state index is 0.0672. The molecule has 1 N–H and O–H groups in total. The third kappa shape index (κ3) is 3.47. The Balaban J connectivity index is 1.86. The Morgan fingerprint density at radius 1 is 1.33 bits per heavy atom. The van der Waals surface area contributed by atoms with Gasteiger partial charge in [-0.15, -0.1) is 0 Å². The predicted molar refractivity (Wildman–Crippen MR) is 74.4 cm³/mol. The first-order valence-electron chi connectivity index (χ1n) is 7.61. The molecule has 0 spiro atoms. The maximum Gasteiger partial charge on any atom is 0.239 e. The van der Waals surface area contributed by atoms with Crippen LogP contribution in [-0.4, -0.2) is 36.0 Å². The van der Waals surface area contributed by atoms with Crippen molar-refractivity contribution >= 4 is 5.91 Å². The normalized spacial score (nSPS) is 33.4. The number of piperidine rings is 1. The van der Waals surface area contributed by atoms with Crippen molar-refractivity contribution in [3.63, 3.8) is 0 Å². The Hall–Kier alpha value is -0.570. The van der Waals surface area contributed by atoms with Gasteiger partial charge in [-0.25, -0.2) is 0 Å². The number of nitrogens with one attached hydrogen (secondary N) is 1. The number of rotatable bonds is 4. The van der Waals surface area contributed by atoms with Gasteiger partial charge in [0.25, 0.3) is 0 Å². The second-order valence-corrected chi connectivity index (χ2v) is 6.58. The second-order valence-electron chi connectivity index (χ2n) is 6.58. The summed E-state index contributed by atoms with van der Waals surface area (Å²) in [5.41, 5.74) is 0. The quantitative estimate of drug-likeness (QED) is 0.833. The van der Waals surface area contributed by atoms with Crippen LogP contribution in [0.15, 0.2) is 0 Å². The highest BCUT2D eigenvalue weighted by Crippen LogP contribution is 2.31. The third-order valence-electron chi connectivity index (χ3n) is 4.35. The maximum absolute atomic E-state index is 12.4. The standard InChI is InChI=1S/C15H28N2O/c1-11(2)16-14-5-4-8-17(15(14)18)10-13-7-6-12(3)9-13/h11-14,16H,4-10H2,1-3H3. The summed E-state index contributed by atoms with van der Waals surface area (Å²) in [7, 11) is 0. The molecular formula is C15H28N2O. The molecule has 104 valence electrons. The topological polar surface area (TPSA) is 32.3 Å². The van der Waals surface area contributed by atoms with Crippen molar-refractivity contribution in [2.75, 3.05) is 13.1 Å². The van der Waals surface area contributed by atoms with Crippen LogP contribution in [0.4, 0.5) is 0 Å². The summed E-state index contributed by atoms with van der Waals surface area (Å²) in [5.74, 6) is 1.95. The molecule has 3 nitrogen and oxygen atoms in total. The second kappa shape index (κ2) is 6.05. The van der Waals surface area contributed by atoms with Crippen LogP contribution in [0.1, 0.15) is 52.9 Å². The van der Waals surface area contributed by atoms with E-state index in [4.69, 9.17) is 0 Å². The van der Waals surface area contributed by atoms with Crippen molar-refractivity contribution in [2.24, 2.45) is 11.8 Å². The summed E-state index contributed by atoms with van der Waals surface area (Å²) in [5, 5.41) is 3.40. The molecule has 2 rings (SSSR count). The van der Waals surface area contributed by atoms with Gasteiger partial charge in [0.15, 0.2) is 0 Å². The van der Waals surface area contributed by atoms with Crippen molar-refractivity contribution in [3.8, 4) is 0 Å². The highest BCUT2D eigenvalue weighted by atomic mass is 16.2. The van der Waals surface area contributed by atoms with Crippen LogP contribution in [-0.2, 0) is 4.79 Å². The minimum Gasteiger partial charge on any atom is -0.341 e. The molecule has 2 fully saturated rings. The van der Waals surface area contributed by atoms with E-state index in [9.17, 15) is 4.79 Å². The predicted octanol–water partition coefficient (Wildman–Crippen LogP) is 2.41. The molecule has 3 heteroatoms. The van der Waals surface area contributed by atoms with Crippen LogP contribution < -0.4 is 5.32 Å². The molecule has 0 aromatic carbocycles. The first kappa shape index (κ1) is 13.9. The fraction of sp³-hybridized carbons (Fsp3) is 0.933. The molecular weight excluding hydrogens is 224 g/mol. The van der Waals surface area contributed by atoms with Crippen molar-refractivity contribution in [1.82, 2.24) is 10.2 Å². The SMILES string of the molecule is CC1CCC(CN2CCCC(NC(C)C)C2=O)C1. The van der Waals surface area contributed by atoms with E-state index in [1.807, 2.05) is 0 Å². The highest BCUT2D eigenvalue weighted by Gasteiger charge is 2.31. The van der Waals surface area contributed by atoms with E-state index in [1.54, 1.807) is 0 Å². The lowest BCUT2D eigenvalue weighted by Gasteiger charge is -2.35. The molecule has 1 saturated carbocycles. The first-order chi connectivity index (χ1) is 8.56. The lowest BCUT2D eigenvalue weighted by atomic mass is 10.0. The van der Waals surface area contributed by atoms with Gasteiger partial charge < -0.3 is 10.2 Å². The number of amides is 1. The van der Waals surface area contributed by atoms with Gasteiger partial charge in [-0.1, -0.05) is 27.2 Å². The molecule has 1 heterocycles. The highest BCUT2D eigenvalue weighted by molar-refractivity contribution is 5.82. The van der Waals surface area contributed by atoms with Crippen LogP contribution >= 0.6 is 0 Å². The Kier molecular flexibility index (Phi) is 4.66. The minimum atomic E-state index is 0.0672. The summed E-state index contributed by atoms with van der Waals surface area (Å²) in [6.45, 7) is 8.54. The van der Waals surface area contributed by atoms with E-state index in [0.717, 1.165) is 37.8 Å². The molecule has 1 aliphatic carbocycles. The Labute approximate surface area is 111 Å². The van der Waals surface area contributed by atoms with Crippen LogP contribution in [0, 0.1) is 11.8 Å². The number of likely N-dealkylation sites (tertiary alicyclic amines) is 1. The monoisotopic (exact) mass is 252 g/mol. The van der Waals surface area contributed by atoms with E-state index in [-0.39, 0.29) is 6.04 Å². The van der Waals surface area contributed by atoms with Gasteiger partial charge in [-0.2, -0.15) is 0 Å². The average molecular weight is 252 g/mol. The molecule has 0 bridgehead atoms. The van der Waals surface area contributed by atoms with Crippen LogP contribution in [0.25, 0.3) is 0 Å². The van der Waals surface area contributed by atoms with E-state index >= 15 is 0 Å². The van der Waals surface area contributed by atoms with Crippen LogP contribution in [0.3, 0.4) is 0 Å². The third-order valence-corrected chi connectivity index (χ3v) is 4.35. The van der Waals surface area contributed by atoms with Gasteiger partial charge in [-0.05, 0) is 37.5 Å². The maximum atomic E-state index is 12.4. The molecule has 1 aliphatic heterocycles. The molecule has 1 amide bonds. The zero-order valence-corrected chi connectivity index (χ0v) is 12.1. The number of hydrogen-bond acceptors (Lipinski definition) is 2. The molecule has 1 saturated heterocycles. The molecule has 18 heavy (non-hydrogen) atoms. The largest absolute Gasteiger partial charge is 0.341 e. The Morgan fingerprint density at radius 2 is 2.11 bits per heavy atom. The summed E-state index contributed by atoms with van der Waals surface area (Å²) in [6.07, 6.45) is 6.13. The van der Waals surface area contributed by atoms with Gasteiger partial charge >= 0.3 is 0 Å². The number of carbonyl (C=O) groups is 1. The van der Waals surface area contributed by atoms with Crippen LogP contribution in [0.5, 0.6) is 0 Å². The average Bonchev–Trinajstić information content (AvgIpc) is 2.69. The molecule has 3 unspecified atom stereocenters.